The van der Waals surface area contributed by atoms with Crippen LogP contribution in [0.3, 0.4) is 0 Å². The number of ether oxygens (including phenoxy) is 6. The molecule has 0 fully saturated rings. The van der Waals surface area contributed by atoms with Crippen LogP contribution >= 0.6 is 11.6 Å². The fourth-order valence-corrected chi connectivity index (χ4v) is 12.9. The summed E-state index contributed by atoms with van der Waals surface area (Å²) in [5, 5.41) is 0.449. The minimum atomic E-state index is -3.70. The largest absolute Gasteiger partial charge is 0.493 e. The third-order valence-electron chi connectivity index (χ3n) is 16.9. The molecule has 0 aliphatic heterocycles. The lowest BCUT2D eigenvalue weighted by atomic mass is 10.1. The van der Waals surface area contributed by atoms with E-state index in [0.717, 1.165) is 56.6 Å². The molecule has 0 spiro atoms. The van der Waals surface area contributed by atoms with Crippen LogP contribution in [0.1, 0.15) is 66.1 Å². The van der Waals surface area contributed by atoms with Crippen molar-refractivity contribution in [2.45, 2.75) is 63.6 Å². The summed E-state index contributed by atoms with van der Waals surface area (Å²) in [6, 6.07) is 91.8. The quantitative estimate of drug-likeness (QED) is 0.0393. The lowest BCUT2D eigenvalue weighted by molar-refractivity contribution is -0.125. The molecule has 0 unspecified atom stereocenters. The minimum absolute atomic E-state index is 0.102. The first-order valence-electron chi connectivity index (χ1n) is 34.7. The Bertz CT molecular complexity index is 4860. The summed E-state index contributed by atoms with van der Waals surface area (Å²) in [5.74, 6) is 9.15. The Morgan fingerprint density at radius 3 is 1.32 bits per heavy atom. The number of pyridine rings is 2. The van der Waals surface area contributed by atoms with E-state index in [9.17, 15) is 18.0 Å². The Kier molecular flexibility index (Phi) is 29.5. The van der Waals surface area contributed by atoms with Gasteiger partial charge in [-0.15, -0.1) is 0 Å². The van der Waals surface area contributed by atoms with E-state index in [0.29, 0.717) is 110 Å². The number of carbonyl (C=O) groups is 2. The third-order valence-corrected chi connectivity index (χ3v) is 19.1. The van der Waals surface area contributed by atoms with E-state index in [4.69, 9.17) is 40.0 Å². The maximum absolute atomic E-state index is 13.5. The molecule has 2 amide bonds. The van der Waals surface area contributed by atoms with E-state index in [1.807, 2.05) is 241 Å². The second-order valence-electron chi connectivity index (χ2n) is 24.4. The van der Waals surface area contributed by atoms with Crippen molar-refractivity contribution in [2.24, 2.45) is 0 Å². The van der Waals surface area contributed by atoms with Crippen molar-refractivity contribution in [3.8, 4) is 46.3 Å². The van der Waals surface area contributed by atoms with Gasteiger partial charge in [0.1, 0.15) is 19.8 Å². The zero-order valence-corrected chi connectivity index (χ0v) is 61.1. The van der Waals surface area contributed by atoms with E-state index in [-0.39, 0.29) is 23.3 Å². The predicted molar refractivity (Wildman–Crippen MR) is 416 cm³/mol. The van der Waals surface area contributed by atoms with E-state index in [1.165, 1.54) is 9.87 Å². The lowest BCUT2D eigenvalue weighted by Gasteiger charge is -2.24. The molecule has 0 aliphatic carbocycles. The summed E-state index contributed by atoms with van der Waals surface area (Å²) in [6.07, 6.45) is 7.15. The van der Waals surface area contributed by atoms with Gasteiger partial charge in [0.25, 0.3) is 11.8 Å². The Morgan fingerprint density at radius 1 is 0.406 bits per heavy atom. The fourth-order valence-electron chi connectivity index (χ4n) is 11.2. The highest BCUT2D eigenvalue weighted by molar-refractivity contribution is 7.89. The summed E-state index contributed by atoms with van der Waals surface area (Å²) < 4.78 is 63.1. The number of sulfonamides is 1. The second kappa shape index (κ2) is 40.7. The van der Waals surface area contributed by atoms with Crippen molar-refractivity contribution in [2.75, 3.05) is 41.0 Å². The predicted octanol–water partition coefficient (Wildman–Crippen LogP) is 17.2. The van der Waals surface area contributed by atoms with Gasteiger partial charge in [-0.25, -0.2) is 8.42 Å². The highest BCUT2D eigenvalue weighted by Gasteiger charge is 2.26. The Labute approximate surface area is 627 Å². The molecule has 106 heavy (non-hydrogen) atoms. The molecular weight excluding hydrogens is 1370 g/mol. The molecular formula is C89H84ClN5O10S. The summed E-state index contributed by atoms with van der Waals surface area (Å²) in [7, 11) is 1.11. The van der Waals surface area contributed by atoms with Crippen LogP contribution in [0.25, 0.3) is 0 Å². The van der Waals surface area contributed by atoms with Crippen LogP contribution < -0.4 is 28.4 Å². The average Bonchev–Trinajstić information content (AvgIpc) is 0.809. The molecule has 0 N–H and O–H groups in total. The van der Waals surface area contributed by atoms with Gasteiger partial charge >= 0.3 is 0 Å². The first-order valence-corrected chi connectivity index (χ1v) is 36.5. The monoisotopic (exact) mass is 1450 g/mol. The normalized spacial score (nSPS) is 10.7. The number of rotatable bonds is 30. The van der Waals surface area contributed by atoms with E-state index in [1.54, 1.807) is 87.3 Å². The Morgan fingerprint density at radius 2 is 0.840 bits per heavy atom. The number of halogens is 1. The van der Waals surface area contributed by atoms with E-state index in [2.05, 4.69) is 33.9 Å². The smallest absolute Gasteiger partial charge is 0.299 e. The molecule has 17 heteroatoms. The number of hydrogen-bond acceptors (Lipinski definition) is 12. The summed E-state index contributed by atoms with van der Waals surface area (Å²) in [4.78, 5) is 38.9. The van der Waals surface area contributed by atoms with Crippen LogP contribution in [0.15, 0.2) is 315 Å². The Balaban J connectivity index is 0.000000170. The molecule has 2 heterocycles. The molecule has 0 radical (unpaired) electrons. The van der Waals surface area contributed by atoms with Gasteiger partial charge in [0.2, 0.25) is 10.0 Å². The highest BCUT2D eigenvalue weighted by Crippen LogP contribution is 2.33. The van der Waals surface area contributed by atoms with Crippen molar-refractivity contribution in [1.29, 1.82) is 0 Å². The summed E-state index contributed by atoms with van der Waals surface area (Å²) >= 11 is 6.35. The van der Waals surface area contributed by atoms with Crippen LogP contribution in [0.2, 0.25) is 5.02 Å². The van der Waals surface area contributed by atoms with Gasteiger partial charge in [-0.05, 0) is 148 Å². The highest BCUT2D eigenvalue weighted by atomic mass is 35.5. The van der Waals surface area contributed by atoms with E-state index < -0.39 is 10.0 Å². The van der Waals surface area contributed by atoms with Crippen LogP contribution in [0, 0.1) is 11.8 Å². The molecule has 538 valence electrons. The van der Waals surface area contributed by atoms with Crippen LogP contribution in [-0.4, -0.2) is 85.3 Å². The van der Waals surface area contributed by atoms with Gasteiger partial charge in [0.05, 0.1) is 36.8 Å². The average molecular weight is 1450 g/mol. The lowest BCUT2D eigenvalue weighted by Crippen LogP contribution is -2.32. The first-order chi connectivity index (χ1) is 51.9. The van der Waals surface area contributed by atoms with Gasteiger partial charge < -0.3 is 38.2 Å². The SMILES string of the molecule is COc1cc(CN(CCc2ccccc2)C(=O)c2ccccc2Cl)ccc1OCc1ccccc1.COc1cc(CN(CCc2ccccn2)C(=O)C#Cc2ccccc2)ccc1OCc1ccccc1.COc1cc(CN(CCc2cccnc2)S(=O)(=O)c2ccccc2)ccc1OCc1ccccc1. The number of methoxy groups -OCH3 is 3. The number of hydrogen-bond donors (Lipinski definition) is 0. The van der Waals surface area contributed by atoms with Gasteiger partial charge in [0.15, 0.2) is 34.5 Å². The van der Waals surface area contributed by atoms with Crippen LogP contribution in [0.5, 0.6) is 34.5 Å². The fraction of sp³-hybridized carbons (Fsp3) is 0.169. The maximum Gasteiger partial charge on any atom is 0.299 e. The zero-order valence-electron chi connectivity index (χ0n) is 59.5. The minimum Gasteiger partial charge on any atom is -0.493 e. The van der Waals surface area contributed by atoms with Crippen molar-refractivity contribution < 1.29 is 46.4 Å². The number of amides is 2. The molecule has 12 rings (SSSR count). The molecule has 0 saturated heterocycles. The van der Waals surface area contributed by atoms with E-state index >= 15 is 0 Å². The molecule has 0 bridgehead atoms. The van der Waals surface area contributed by atoms with Crippen molar-refractivity contribution in [1.82, 2.24) is 24.1 Å². The molecule has 0 atom stereocenters. The summed E-state index contributed by atoms with van der Waals surface area (Å²) in [5.41, 5.74) is 10.3. The number of nitrogens with zero attached hydrogens (tertiary/aromatic N) is 5. The molecule has 10 aromatic carbocycles. The van der Waals surface area contributed by atoms with Crippen molar-refractivity contribution in [3.63, 3.8) is 0 Å². The van der Waals surface area contributed by atoms with Crippen LogP contribution in [0.4, 0.5) is 0 Å². The third kappa shape index (κ3) is 23.8. The maximum atomic E-state index is 13.5. The molecule has 12 aromatic rings. The summed E-state index contributed by atoms with van der Waals surface area (Å²) in [6.45, 7) is 3.69. The standard InChI is InChI=1S/C31H28N2O3.C30H28ClNO3.C28H28N2O4S/c1-35-30-22-27(15-17-29(30)36-24-26-12-6-3-7-13-26)23-33(21-19-28-14-8-9-20-32-28)31(34)18-16-25-10-4-2-5-11-25;1-34-29-20-25(16-17-28(29)35-22-24-12-6-3-7-13-24)21-32(19-18-23-10-4-2-5-11-23)30(33)26-14-8-9-15-27(26)31;1-33-28-19-25(14-15-27(28)34-22-24-9-4-2-5-10-24)21-30(18-16-23-11-8-17-29-20-23)35(31,32)26-12-6-3-7-13-26/h2-15,17,20,22H,19,21,23-24H2,1H3;2-17,20H,18-19,21-22H2,1H3;2-15,17,19-20H,16,18,21-22H2,1H3. The van der Waals surface area contributed by atoms with Crippen molar-refractivity contribution in [3.05, 3.63) is 376 Å². The first kappa shape index (κ1) is 76.6. The second-order valence-corrected chi connectivity index (χ2v) is 26.7. The van der Waals surface area contributed by atoms with Gasteiger partial charge in [0, 0.05) is 81.5 Å². The zero-order chi connectivity index (χ0) is 74.0. The van der Waals surface area contributed by atoms with Gasteiger partial charge in [-0.3, -0.25) is 19.6 Å². The molecule has 0 aliphatic rings. The number of benzene rings is 10. The molecule has 15 nitrogen and oxygen atoms in total. The molecule has 2 aromatic heterocycles. The van der Waals surface area contributed by atoms with Crippen LogP contribution in [-0.2, 0) is 73.5 Å². The van der Waals surface area contributed by atoms with Crippen molar-refractivity contribution >= 4 is 33.4 Å². The van der Waals surface area contributed by atoms with Gasteiger partial charge in [-0.2, -0.15) is 4.31 Å². The van der Waals surface area contributed by atoms with Gasteiger partial charge in [-0.1, -0.05) is 218 Å². The topological polar surface area (TPSA) is 159 Å². The Hall–Kier alpha value is -12.0. The number of aromatic nitrogens is 2. The molecule has 0 saturated carbocycles. The number of carbonyl (C=O) groups excluding carboxylic acids is 2.